The first-order valence-electron chi connectivity index (χ1n) is 6.27. The minimum atomic E-state index is -0.560. The number of aliphatic hydroxyl groups is 1. The van der Waals surface area contributed by atoms with E-state index < -0.39 is 6.10 Å². The maximum atomic E-state index is 11.0. The highest BCUT2D eigenvalue weighted by molar-refractivity contribution is 7.99. The van der Waals surface area contributed by atoms with Crippen molar-refractivity contribution in [2.45, 2.75) is 26.4 Å². The van der Waals surface area contributed by atoms with Crippen LogP contribution in [0.5, 0.6) is 0 Å². The lowest BCUT2D eigenvalue weighted by atomic mass is 10.4. The van der Waals surface area contributed by atoms with Gasteiger partial charge in [0.2, 0.25) is 0 Å². The summed E-state index contributed by atoms with van der Waals surface area (Å²) in [6.45, 7) is 6.25. The Labute approximate surface area is 113 Å². The normalized spacial score (nSPS) is 12.4. The number of carbonyl (C=O) groups is 1. The van der Waals surface area contributed by atoms with Crippen molar-refractivity contribution in [3.63, 3.8) is 0 Å². The molecule has 0 fully saturated rings. The van der Waals surface area contributed by atoms with Gasteiger partial charge in [-0.3, -0.25) is 4.79 Å². The van der Waals surface area contributed by atoms with Crippen molar-refractivity contribution in [2.24, 2.45) is 0 Å². The van der Waals surface area contributed by atoms with Crippen molar-refractivity contribution in [2.75, 3.05) is 44.5 Å². The van der Waals surface area contributed by atoms with Crippen LogP contribution in [0.2, 0.25) is 0 Å². The molecule has 0 bridgehead atoms. The molecule has 0 saturated heterocycles. The van der Waals surface area contributed by atoms with E-state index in [1.165, 1.54) is 11.8 Å². The number of rotatable bonds is 12. The van der Waals surface area contributed by atoms with Gasteiger partial charge in [0.1, 0.15) is 0 Å². The molecule has 0 aromatic rings. The van der Waals surface area contributed by atoms with Crippen LogP contribution in [0.4, 0.5) is 0 Å². The molecular formula is C12H24O5S. The highest BCUT2D eigenvalue weighted by Gasteiger charge is 2.07. The first-order chi connectivity index (χ1) is 8.70. The molecule has 0 amide bonds. The molecule has 6 heteroatoms. The third kappa shape index (κ3) is 12.2. The van der Waals surface area contributed by atoms with Crippen molar-refractivity contribution in [3.8, 4) is 0 Å². The van der Waals surface area contributed by atoms with Gasteiger partial charge in [-0.15, -0.1) is 11.8 Å². The lowest BCUT2D eigenvalue weighted by Crippen LogP contribution is -2.20. The van der Waals surface area contributed by atoms with E-state index in [2.05, 4.69) is 0 Å². The molecule has 0 heterocycles. The van der Waals surface area contributed by atoms with Crippen LogP contribution in [0.1, 0.15) is 20.3 Å². The smallest absolute Gasteiger partial charge is 0.315 e. The minimum Gasteiger partial charge on any atom is -0.465 e. The zero-order chi connectivity index (χ0) is 13.6. The molecule has 1 unspecified atom stereocenters. The average Bonchev–Trinajstić information content (AvgIpc) is 2.34. The third-order valence-electron chi connectivity index (χ3n) is 1.87. The van der Waals surface area contributed by atoms with Crippen molar-refractivity contribution in [3.05, 3.63) is 0 Å². The molecule has 5 nitrogen and oxygen atoms in total. The Kier molecular flexibility index (Phi) is 12.9. The van der Waals surface area contributed by atoms with E-state index in [1.807, 2.05) is 6.92 Å². The number of thioether (sulfide) groups is 1. The van der Waals surface area contributed by atoms with Crippen LogP contribution in [-0.4, -0.2) is 61.7 Å². The van der Waals surface area contributed by atoms with Gasteiger partial charge in [-0.1, -0.05) is 6.92 Å². The van der Waals surface area contributed by atoms with E-state index >= 15 is 0 Å². The Hall–Kier alpha value is -0.300. The fourth-order valence-electron chi connectivity index (χ4n) is 1.11. The van der Waals surface area contributed by atoms with E-state index in [0.717, 1.165) is 13.0 Å². The minimum absolute atomic E-state index is 0.247. The van der Waals surface area contributed by atoms with Gasteiger partial charge in [0, 0.05) is 12.4 Å². The SMILES string of the molecule is CCCOCCOCC(O)CSCC(=O)OCC. The monoisotopic (exact) mass is 280 g/mol. The number of hydrogen-bond acceptors (Lipinski definition) is 6. The summed E-state index contributed by atoms with van der Waals surface area (Å²) in [6.07, 6.45) is 0.434. The maximum absolute atomic E-state index is 11.0. The molecule has 108 valence electrons. The third-order valence-corrected chi connectivity index (χ3v) is 2.93. The lowest BCUT2D eigenvalue weighted by Gasteiger charge is -2.10. The van der Waals surface area contributed by atoms with E-state index in [-0.39, 0.29) is 18.3 Å². The number of carbonyl (C=O) groups excluding carboxylic acids is 1. The number of aliphatic hydroxyl groups excluding tert-OH is 1. The quantitative estimate of drug-likeness (QED) is 0.426. The van der Waals surface area contributed by atoms with Crippen LogP contribution >= 0.6 is 11.8 Å². The fourth-order valence-corrected chi connectivity index (χ4v) is 1.85. The van der Waals surface area contributed by atoms with Crippen molar-refractivity contribution in [1.29, 1.82) is 0 Å². The van der Waals surface area contributed by atoms with Crippen LogP contribution in [0, 0.1) is 0 Å². The molecule has 0 aromatic heterocycles. The molecule has 0 aliphatic carbocycles. The molecule has 0 aliphatic heterocycles. The zero-order valence-corrected chi connectivity index (χ0v) is 12.0. The molecule has 0 rings (SSSR count). The largest absolute Gasteiger partial charge is 0.465 e. The van der Waals surface area contributed by atoms with Gasteiger partial charge in [-0.2, -0.15) is 0 Å². The molecule has 1 atom stereocenters. The zero-order valence-electron chi connectivity index (χ0n) is 11.2. The maximum Gasteiger partial charge on any atom is 0.315 e. The highest BCUT2D eigenvalue weighted by atomic mass is 32.2. The first kappa shape index (κ1) is 17.7. The summed E-state index contributed by atoms with van der Waals surface area (Å²) >= 11 is 1.35. The van der Waals surface area contributed by atoms with Gasteiger partial charge < -0.3 is 19.3 Å². The number of esters is 1. The van der Waals surface area contributed by atoms with Crippen molar-refractivity contribution < 1.29 is 24.1 Å². The second-order valence-electron chi connectivity index (χ2n) is 3.66. The van der Waals surface area contributed by atoms with Crippen molar-refractivity contribution in [1.82, 2.24) is 0 Å². The summed E-state index contributed by atoms with van der Waals surface area (Å²) in [7, 11) is 0. The van der Waals surface area contributed by atoms with Gasteiger partial charge in [0.15, 0.2) is 0 Å². The first-order valence-corrected chi connectivity index (χ1v) is 7.43. The second-order valence-corrected chi connectivity index (χ2v) is 4.69. The van der Waals surface area contributed by atoms with E-state index in [0.29, 0.717) is 25.6 Å². The molecule has 0 aliphatic rings. The summed E-state index contributed by atoms with van der Waals surface area (Å²) in [6, 6.07) is 0. The molecule has 0 saturated carbocycles. The Morgan fingerprint density at radius 1 is 1.22 bits per heavy atom. The van der Waals surface area contributed by atoms with E-state index in [4.69, 9.17) is 14.2 Å². The van der Waals surface area contributed by atoms with Gasteiger partial charge in [-0.25, -0.2) is 0 Å². The summed E-state index contributed by atoms with van der Waals surface area (Å²) in [5.41, 5.74) is 0. The topological polar surface area (TPSA) is 65.0 Å². The molecule has 0 spiro atoms. The molecule has 18 heavy (non-hydrogen) atoms. The van der Waals surface area contributed by atoms with Crippen molar-refractivity contribution >= 4 is 17.7 Å². The van der Waals surface area contributed by atoms with Crippen LogP contribution in [0.25, 0.3) is 0 Å². The van der Waals surface area contributed by atoms with Crippen LogP contribution in [0.3, 0.4) is 0 Å². The number of ether oxygens (including phenoxy) is 3. The summed E-state index contributed by atoms with van der Waals surface area (Å²) in [5.74, 6) is 0.489. The summed E-state index contributed by atoms with van der Waals surface area (Å²) in [4.78, 5) is 11.0. The average molecular weight is 280 g/mol. The van der Waals surface area contributed by atoms with Gasteiger partial charge in [-0.05, 0) is 13.3 Å². The second kappa shape index (κ2) is 13.1. The Balaban J connectivity index is 3.27. The Bertz CT molecular complexity index is 201. The Morgan fingerprint density at radius 3 is 2.61 bits per heavy atom. The fraction of sp³-hybridized carbons (Fsp3) is 0.917. The predicted molar refractivity (Wildman–Crippen MR) is 71.9 cm³/mol. The highest BCUT2D eigenvalue weighted by Crippen LogP contribution is 2.04. The van der Waals surface area contributed by atoms with E-state index in [1.54, 1.807) is 6.92 Å². The standard InChI is InChI=1S/C12H24O5S/c1-3-5-15-6-7-16-8-11(13)9-18-10-12(14)17-4-2/h11,13H,3-10H2,1-2H3. The molecule has 0 radical (unpaired) electrons. The summed E-state index contributed by atoms with van der Waals surface area (Å²) < 4.78 is 15.2. The van der Waals surface area contributed by atoms with E-state index in [9.17, 15) is 9.90 Å². The van der Waals surface area contributed by atoms with Gasteiger partial charge >= 0.3 is 5.97 Å². The molecular weight excluding hydrogens is 256 g/mol. The molecule has 1 N–H and O–H groups in total. The Morgan fingerprint density at radius 2 is 1.94 bits per heavy atom. The van der Waals surface area contributed by atoms with Gasteiger partial charge in [0.05, 0.1) is 38.3 Å². The van der Waals surface area contributed by atoms with Gasteiger partial charge in [0.25, 0.3) is 0 Å². The molecule has 0 aromatic carbocycles. The van der Waals surface area contributed by atoms with Crippen LogP contribution in [0.15, 0.2) is 0 Å². The predicted octanol–water partition coefficient (Wildman–Crippen LogP) is 1.09. The van der Waals surface area contributed by atoms with Crippen LogP contribution < -0.4 is 0 Å². The van der Waals surface area contributed by atoms with Crippen LogP contribution in [-0.2, 0) is 19.0 Å². The number of hydrogen-bond donors (Lipinski definition) is 1. The lowest BCUT2D eigenvalue weighted by molar-refractivity contribution is -0.139. The summed E-state index contributed by atoms with van der Waals surface area (Å²) in [5, 5.41) is 9.56.